The first-order valence-corrected chi connectivity index (χ1v) is 2.93. The Labute approximate surface area is 62.6 Å². The number of rotatable bonds is 2. The van der Waals surface area contributed by atoms with E-state index in [0.717, 1.165) is 0 Å². The lowest BCUT2D eigenvalue weighted by Crippen LogP contribution is -1.91. The molecule has 0 N–H and O–H groups in total. The fourth-order valence-corrected chi connectivity index (χ4v) is 0.670. The van der Waals surface area contributed by atoms with Gasteiger partial charge in [-0.25, -0.2) is 4.98 Å². The topological polar surface area (TPSA) is 39.2 Å². The molecule has 0 radical (unpaired) electrons. The summed E-state index contributed by atoms with van der Waals surface area (Å²) >= 11 is 5.56. The van der Waals surface area contributed by atoms with Gasteiger partial charge in [-0.05, 0) is 12.1 Å². The van der Waals surface area contributed by atoms with E-state index in [1.807, 2.05) is 0 Å². The van der Waals surface area contributed by atoms with Crippen LogP contribution in [0.1, 0.15) is 0 Å². The highest BCUT2D eigenvalue weighted by atomic mass is 35.5. The highest BCUT2D eigenvalue weighted by molar-refractivity contribution is 6.31. The minimum atomic E-state index is 0.138. The van der Waals surface area contributed by atoms with E-state index in [4.69, 9.17) is 11.6 Å². The molecule has 0 fully saturated rings. The number of carbonyl (C=O) groups is 1. The van der Waals surface area contributed by atoms with E-state index < -0.39 is 0 Å². The molecule has 0 saturated heterocycles. The molecule has 1 aromatic heterocycles. The molecule has 0 aliphatic carbocycles. The van der Waals surface area contributed by atoms with Gasteiger partial charge in [0.15, 0.2) is 0 Å². The third-order valence-corrected chi connectivity index (χ3v) is 1.17. The number of carbonyl (C=O) groups excluding carboxylic acids is 1. The molecular formula is C6H4ClNO2. The maximum Gasteiger partial charge on any atom is 0.299 e. The van der Waals surface area contributed by atoms with Gasteiger partial charge in [0.25, 0.3) is 6.47 Å². The second-order valence-electron chi connectivity index (χ2n) is 1.50. The number of hydrogen-bond donors (Lipinski definition) is 0. The van der Waals surface area contributed by atoms with E-state index in [2.05, 4.69) is 9.72 Å². The fraction of sp³-hybridized carbons (Fsp3) is 0. The van der Waals surface area contributed by atoms with Gasteiger partial charge in [-0.2, -0.15) is 0 Å². The van der Waals surface area contributed by atoms with Gasteiger partial charge in [0.1, 0.15) is 5.02 Å². The summed E-state index contributed by atoms with van der Waals surface area (Å²) in [5.74, 6) is 0.138. The molecule has 0 atom stereocenters. The quantitative estimate of drug-likeness (QED) is 0.607. The molecule has 3 nitrogen and oxygen atoms in total. The van der Waals surface area contributed by atoms with Crippen molar-refractivity contribution in [2.75, 3.05) is 0 Å². The average Bonchev–Trinajstić information content (AvgIpc) is 1.94. The monoisotopic (exact) mass is 157 g/mol. The molecule has 1 rings (SSSR count). The van der Waals surface area contributed by atoms with Crippen LogP contribution in [0.15, 0.2) is 18.3 Å². The molecule has 1 aromatic rings. The Morgan fingerprint density at radius 3 is 3.10 bits per heavy atom. The highest BCUT2D eigenvalue weighted by Gasteiger charge is 1.98. The van der Waals surface area contributed by atoms with E-state index in [1.54, 1.807) is 12.1 Å². The predicted molar refractivity (Wildman–Crippen MR) is 35.9 cm³/mol. The Morgan fingerprint density at radius 2 is 2.50 bits per heavy atom. The molecule has 0 amide bonds. The molecule has 0 aromatic carbocycles. The molecule has 0 aliphatic rings. The first-order valence-electron chi connectivity index (χ1n) is 2.55. The third kappa shape index (κ3) is 1.45. The lowest BCUT2D eigenvalue weighted by atomic mass is 10.5. The van der Waals surface area contributed by atoms with Crippen molar-refractivity contribution in [2.45, 2.75) is 0 Å². The van der Waals surface area contributed by atoms with Gasteiger partial charge in [-0.3, -0.25) is 4.79 Å². The van der Waals surface area contributed by atoms with E-state index in [-0.39, 0.29) is 12.4 Å². The smallest absolute Gasteiger partial charge is 0.299 e. The Kier molecular flexibility index (Phi) is 2.23. The summed E-state index contributed by atoms with van der Waals surface area (Å²) in [5, 5.41) is 0.328. The van der Waals surface area contributed by atoms with Gasteiger partial charge in [0.05, 0.1) is 0 Å². The van der Waals surface area contributed by atoms with Crippen LogP contribution in [0, 0.1) is 0 Å². The number of hydrogen-bond acceptors (Lipinski definition) is 3. The Hall–Kier alpha value is -1.09. The van der Waals surface area contributed by atoms with Gasteiger partial charge < -0.3 is 4.74 Å². The summed E-state index contributed by atoms with van der Waals surface area (Å²) in [6.07, 6.45) is 1.49. The van der Waals surface area contributed by atoms with Gasteiger partial charge in [0.2, 0.25) is 5.88 Å². The number of halogens is 1. The van der Waals surface area contributed by atoms with Gasteiger partial charge in [-0.1, -0.05) is 11.6 Å². The van der Waals surface area contributed by atoms with Crippen molar-refractivity contribution < 1.29 is 9.53 Å². The Morgan fingerprint density at radius 1 is 1.70 bits per heavy atom. The van der Waals surface area contributed by atoms with Crippen LogP contribution < -0.4 is 4.74 Å². The lowest BCUT2D eigenvalue weighted by Gasteiger charge is -1.95. The van der Waals surface area contributed by atoms with Gasteiger partial charge in [0, 0.05) is 6.20 Å². The van der Waals surface area contributed by atoms with Crippen LogP contribution >= 0.6 is 11.6 Å². The predicted octanol–water partition coefficient (Wildman–Crippen LogP) is 1.27. The van der Waals surface area contributed by atoms with Crippen molar-refractivity contribution in [2.24, 2.45) is 0 Å². The van der Waals surface area contributed by atoms with Crippen molar-refractivity contribution in [1.82, 2.24) is 4.98 Å². The maximum atomic E-state index is 9.81. The minimum Gasteiger partial charge on any atom is -0.408 e. The number of ether oxygens (including phenoxy) is 1. The molecule has 4 heteroatoms. The van der Waals surface area contributed by atoms with Crippen LogP contribution in [0.5, 0.6) is 5.88 Å². The highest BCUT2D eigenvalue weighted by Crippen LogP contribution is 2.18. The first kappa shape index (κ1) is 7.02. The van der Waals surface area contributed by atoms with E-state index in [9.17, 15) is 4.79 Å². The summed E-state index contributed by atoms with van der Waals surface area (Å²) in [6, 6.07) is 3.24. The summed E-state index contributed by atoms with van der Waals surface area (Å²) in [5.41, 5.74) is 0. The van der Waals surface area contributed by atoms with Crippen molar-refractivity contribution in [3.8, 4) is 5.88 Å². The Balaban J connectivity index is 2.91. The second-order valence-corrected chi connectivity index (χ2v) is 1.91. The van der Waals surface area contributed by atoms with Crippen LogP contribution in [0.2, 0.25) is 5.02 Å². The Bertz CT molecular complexity index is 239. The van der Waals surface area contributed by atoms with Crippen molar-refractivity contribution in [3.63, 3.8) is 0 Å². The van der Waals surface area contributed by atoms with Gasteiger partial charge in [-0.15, -0.1) is 0 Å². The number of nitrogens with zero attached hydrogens (tertiary/aromatic N) is 1. The van der Waals surface area contributed by atoms with Crippen LogP contribution in [0.25, 0.3) is 0 Å². The molecule has 1 heterocycles. The van der Waals surface area contributed by atoms with Crippen LogP contribution in [-0.4, -0.2) is 11.5 Å². The summed E-state index contributed by atoms with van der Waals surface area (Å²) in [4.78, 5) is 13.5. The van der Waals surface area contributed by atoms with Crippen molar-refractivity contribution >= 4 is 18.1 Å². The summed E-state index contributed by atoms with van der Waals surface area (Å²) in [7, 11) is 0. The zero-order valence-corrected chi connectivity index (χ0v) is 5.71. The third-order valence-electron chi connectivity index (χ3n) is 0.884. The molecule has 10 heavy (non-hydrogen) atoms. The average molecular weight is 158 g/mol. The molecule has 52 valence electrons. The second kappa shape index (κ2) is 3.17. The lowest BCUT2D eigenvalue weighted by molar-refractivity contribution is -0.120. The SMILES string of the molecule is O=COc1ncccc1Cl. The van der Waals surface area contributed by atoms with E-state index in [1.165, 1.54) is 6.20 Å². The molecule has 0 bridgehead atoms. The molecular weight excluding hydrogens is 154 g/mol. The van der Waals surface area contributed by atoms with Crippen molar-refractivity contribution in [3.05, 3.63) is 23.4 Å². The molecule has 0 spiro atoms. The zero-order valence-electron chi connectivity index (χ0n) is 4.95. The summed E-state index contributed by atoms with van der Waals surface area (Å²) < 4.78 is 4.41. The normalized spacial score (nSPS) is 8.90. The van der Waals surface area contributed by atoms with E-state index in [0.29, 0.717) is 5.02 Å². The zero-order chi connectivity index (χ0) is 7.40. The standard InChI is InChI=1S/C6H4ClNO2/c7-5-2-1-3-8-6(5)10-4-9/h1-4H. The van der Waals surface area contributed by atoms with E-state index >= 15 is 0 Å². The minimum absolute atomic E-state index is 0.138. The van der Waals surface area contributed by atoms with Gasteiger partial charge >= 0.3 is 0 Å². The fourth-order valence-electron chi connectivity index (χ4n) is 0.503. The molecule has 0 aliphatic heterocycles. The first-order chi connectivity index (χ1) is 4.84. The summed E-state index contributed by atoms with van der Waals surface area (Å²) in [6.45, 7) is 0.286. The van der Waals surface area contributed by atoms with Crippen molar-refractivity contribution in [1.29, 1.82) is 0 Å². The molecule has 0 unspecified atom stereocenters. The number of aromatic nitrogens is 1. The van der Waals surface area contributed by atoms with Crippen LogP contribution in [-0.2, 0) is 4.79 Å². The van der Waals surface area contributed by atoms with Crippen LogP contribution in [0.3, 0.4) is 0 Å². The number of pyridine rings is 1. The van der Waals surface area contributed by atoms with Crippen LogP contribution in [0.4, 0.5) is 0 Å². The maximum absolute atomic E-state index is 9.81. The molecule has 0 saturated carbocycles. The largest absolute Gasteiger partial charge is 0.408 e.